The SMILES string of the molecule is Cc1nc(-c2ccc(Cl)c(Cl)c2)n(Cc2ccn(C)c(=O)c2)n1. The number of aromatic nitrogens is 4. The van der Waals surface area contributed by atoms with Crippen LogP contribution in [-0.2, 0) is 13.6 Å². The highest BCUT2D eigenvalue weighted by Crippen LogP contribution is 2.27. The summed E-state index contributed by atoms with van der Waals surface area (Å²) in [7, 11) is 1.72. The summed E-state index contributed by atoms with van der Waals surface area (Å²) in [5.74, 6) is 1.33. The molecule has 3 rings (SSSR count). The van der Waals surface area contributed by atoms with Crippen LogP contribution in [0.5, 0.6) is 0 Å². The lowest BCUT2D eigenvalue weighted by Gasteiger charge is -2.07. The van der Waals surface area contributed by atoms with Gasteiger partial charge in [-0.15, -0.1) is 0 Å². The van der Waals surface area contributed by atoms with Gasteiger partial charge in [0.05, 0.1) is 16.6 Å². The molecule has 118 valence electrons. The van der Waals surface area contributed by atoms with Crippen molar-refractivity contribution < 1.29 is 0 Å². The molecule has 0 N–H and O–H groups in total. The van der Waals surface area contributed by atoms with E-state index in [0.29, 0.717) is 28.2 Å². The molecule has 5 nitrogen and oxygen atoms in total. The van der Waals surface area contributed by atoms with Crippen LogP contribution in [0.15, 0.2) is 41.3 Å². The first kappa shape index (κ1) is 15.8. The highest BCUT2D eigenvalue weighted by Gasteiger charge is 2.12. The van der Waals surface area contributed by atoms with E-state index in [4.69, 9.17) is 23.2 Å². The molecule has 0 atom stereocenters. The first-order chi connectivity index (χ1) is 10.9. The Balaban J connectivity index is 2.01. The maximum absolute atomic E-state index is 11.8. The van der Waals surface area contributed by atoms with E-state index in [1.807, 2.05) is 19.1 Å². The molecule has 0 unspecified atom stereocenters. The lowest BCUT2D eigenvalue weighted by atomic mass is 10.2. The largest absolute Gasteiger partial charge is 0.319 e. The van der Waals surface area contributed by atoms with E-state index in [-0.39, 0.29) is 5.56 Å². The van der Waals surface area contributed by atoms with E-state index in [9.17, 15) is 4.79 Å². The van der Waals surface area contributed by atoms with E-state index in [1.165, 1.54) is 4.57 Å². The Morgan fingerprint density at radius 3 is 2.61 bits per heavy atom. The van der Waals surface area contributed by atoms with Crippen LogP contribution in [0.4, 0.5) is 0 Å². The second-order valence-corrected chi connectivity index (χ2v) is 6.07. The van der Waals surface area contributed by atoms with Crippen LogP contribution in [0.3, 0.4) is 0 Å². The van der Waals surface area contributed by atoms with Crippen molar-refractivity contribution in [3.05, 3.63) is 68.3 Å². The molecule has 0 aliphatic rings. The number of halogens is 2. The molecule has 2 aromatic heterocycles. The molecule has 0 saturated heterocycles. The van der Waals surface area contributed by atoms with Gasteiger partial charge in [0.2, 0.25) is 0 Å². The Labute approximate surface area is 143 Å². The van der Waals surface area contributed by atoms with Crippen molar-refractivity contribution in [1.29, 1.82) is 0 Å². The fourth-order valence-electron chi connectivity index (χ4n) is 2.28. The third-order valence-electron chi connectivity index (χ3n) is 3.46. The number of pyridine rings is 1. The summed E-state index contributed by atoms with van der Waals surface area (Å²) in [6, 6.07) is 8.81. The molecule has 0 amide bonds. The van der Waals surface area contributed by atoms with Crippen molar-refractivity contribution in [3.63, 3.8) is 0 Å². The fourth-order valence-corrected chi connectivity index (χ4v) is 2.57. The van der Waals surface area contributed by atoms with Gasteiger partial charge in [0, 0.05) is 24.9 Å². The summed E-state index contributed by atoms with van der Waals surface area (Å²) in [5.41, 5.74) is 1.62. The third-order valence-corrected chi connectivity index (χ3v) is 4.20. The Morgan fingerprint density at radius 2 is 1.91 bits per heavy atom. The van der Waals surface area contributed by atoms with Crippen LogP contribution < -0.4 is 5.56 Å². The summed E-state index contributed by atoms with van der Waals surface area (Å²) in [4.78, 5) is 16.2. The van der Waals surface area contributed by atoms with Crippen molar-refractivity contribution in [2.75, 3.05) is 0 Å². The van der Waals surface area contributed by atoms with E-state index >= 15 is 0 Å². The normalized spacial score (nSPS) is 11.0. The van der Waals surface area contributed by atoms with Gasteiger partial charge < -0.3 is 4.57 Å². The zero-order valence-electron chi connectivity index (χ0n) is 12.6. The van der Waals surface area contributed by atoms with Gasteiger partial charge >= 0.3 is 0 Å². The number of rotatable bonds is 3. The molecule has 0 aliphatic carbocycles. The Hall–Kier alpha value is -2.11. The van der Waals surface area contributed by atoms with Crippen LogP contribution >= 0.6 is 23.2 Å². The van der Waals surface area contributed by atoms with Crippen LogP contribution in [0.25, 0.3) is 11.4 Å². The number of aryl methyl sites for hydroxylation is 2. The van der Waals surface area contributed by atoms with Crippen LogP contribution in [0.1, 0.15) is 11.4 Å². The molecule has 7 heteroatoms. The number of benzene rings is 1. The Morgan fingerprint density at radius 1 is 1.13 bits per heavy atom. The zero-order chi connectivity index (χ0) is 16.6. The molecule has 0 fully saturated rings. The maximum atomic E-state index is 11.8. The lowest BCUT2D eigenvalue weighted by Crippen LogP contribution is -2.16. The van der Waals surface area contributed by atoms with Crippen molar-refractivity contribution in [3.8, 4) is 11.4 Å². The van der Waals surface area contributed by atoms with Crippen molar-refractivity contribution >= 4 is 23.2 Å². The van der Waals surface area contributed by atoms with Crippen molar-refractivity contribution in [2.24, 2.45) is 7.05 Å². The van der Waals surface area contributed by atoms with Crippen LogP contribution in [-0.4, -0.2) is 19.3 Å². The van der Waals surface area contributed by atoms with Gasteiger partial charge in [-0.25, -0.2) is 9.67 Å². The first-order valence-corrected chi connectivity index (χ1v) is 7.72. The smallest absolute Gasteiger partial charge is 0.250 e. The van der Waals surface area contributed by atoms with Gasteiger partial charge in [-0.05, 0) is 36.8 Å². The maximum Gasteiger partial charge on any atom is 0.250 e. The fraction of sp³-hybridized carbons (Fsp3) is 0.188. The molecule has 0 spiro atoms. The second-order valence-electron chi connectivity index (χ2n) is 5.25. The minimum absolute atomic E-state index is 0.0598. The topological polar surface area (TPSA) is 52.7 Å². The van der Waals surface area contributed by atoms with Crippen LogP contribution in [0, 0.1) is 6.92 Å². The standard InChI is InChI=1S/C16H14Cl2N4O/c1-10-19-16(12-3-4-13(17)14(18)8-12)22(20-10)9-11-5-6-21(2)15(23)7-11/h3-8H,9H2,1-2H3. The number of hydrogen-bond acceptors (Lipinski definition) is 3. The molecule has 1 aromatic carbocycles. The molecule has 0 aliphatic heterocycles. The highest BCUT2D eigenvalue weighted by molar-refractivity contribution is 6.42. The predicted molar refractivity (Wildman–Crippen MR) is 91.0 cm³/mol. The summed E-state index contributed by atoms with van der Waals surface area (Å²) in [6.07, 6.45) is 1.74. The quantitative estimate of drug-likeness (QED) is 0.729. The van der Waals surface area contributed by atoms with E-state index in [0.717, 1.165) is 11.1 Å². The van der Waals surface area contributed by atoms with Crippen LogP contribution in [0.2, 0.25) is 10.0 Å². The molecule has 0 bridgehead atoms. The Kier molecular flexibility index (Phi) is 4.24. The summed E-state index contributed by atoms with van der Waals surface area (Å²) < 4.78 is 3.28. The number of hydrogen-bond donors (Lipinski definition) is 0. The molecular weight excluding hydrogens is 335 g/mol. The van der Waals surface area contributed by atoms with Gasteiger partial charge in [0.15, 0.2) is 5.82 Å². The summed E-state index contributed by atoms with van der Waals surface area (Å²) in [6.45, 7) is 2.27. The van der Waals surface area contributed by atoms with Gasteiger partial charge in [0.1, 0.15) is 5.82 Å². The zero-order valence-corrected chi connectivity index (χ0v) is 14.1. The molecule has 23 heavy (non-hydrogen) atoms. The van der Waals surface area contributed by atoms with E-state index in [1.54, 1.807) is 36.1 Å². The first-order valence-electron chi connectivity index (χ1n) is 6.96. The number of nitrogens with zero attached hydrogens (tertiary/aromatic N) is 4. The molecule has 2 heterocycles. The van der Waals surface area contributed by atoms with Crippen molar-refractivity contribution in [2.45, 2.75) is 13.5 Å². The Bertz CT molecular complexity index is 930. The average molecular weight is 349 g/mol. The van der Waals surface area contributed by atoms with Gasteiger partial charge in [-0.3, -0.25) is 4.79 Å². The van der Waals surface area contributed by atoms with E-state index in [2.05, 4.69) is 10.1 Å². The van der Waals surface area contributed by atoms with Gasteiger partial charge in [-0.2, -0.15) is 5.10 Å². The summed E-state index contributed by atoms with van der Waals surface area (Å²) in [5, 5.41) is 5.36. The van der Waals surface area contributed by atoms with Gasteiger partial charge in [0.25, 0.3) is 5.56 Å². The molecule has 3 aromatic rings. The predicted octanol–water partition coefficient (Wildman–Crippen LogP) is 3.31. The molecular formula is C16H14Cl2N4O. The molecule has 0 saturated carbocycles. The second kappa shape index (κ2) is 6.18. The monoisotopic (exact) mass is 348 g/mol. The third kappa shape index (κ3) is 3.30. The minimum atomic E-state index is -0.0598. The minimum Gasteiger partial charge on any atom is -0.319 e. The van der Waals surface area contributed by atoms with E-state index < -0.39 is 0 Å². The summed E-state index contributed by atoms with van der Waals surface area (Å²) >= 11 is 12.1. The van der Waals surface area contributed by atoms with Crippen molar-refractivity contribution in [1.82, 2.24) is 19.3 Å². The lowest BCUT2D eigenvalue weighted by molar-refractivity contribution is 0.682. The van der Waals surface area contributed by atoms with Gasteiger partial charge in [-0.1, -0.05) is 23.2 Å². The molecule has 0 radical (unpaired) electrons. The average Bonchev–Trinajstić information content (AvgIpc) is 2.86. The highest BCUT2D eigenvalue weighted by atomic mass is 35.5.